The molecule has 2 rings (SSSR count). The van der Waals surface area contributed by atoms with Crippen molar-refractivity contribution in [2.45, 2.75) is 25.9 Å². The Hall–Kier alpha value is -0.730. The van der Waals surface area contributed by atoms with Gasteiger partial charge in [-0.2, -0.15) is 0 Å². The predicted molar refractivity (Wildman–Crippen MR) is 63.5 cm³/mol. The first kappa shape index (κ1) is 10.8. The normalized spacial score (nSPS) is 18.2. The number of benzene rings is 1. The Labute approximate surface area is 95.5 Å². The van der Waals surface area contributed by atoms with Gasteiger partial charge in [-0.3, -0.25) is 0 Å². The van der Waals surface area contributed by atoms with Crippen LogP contribution in [0, 0.1) is 0 Å². The summed E-state index contributed by atoms with van der Waals surface area (Å²) >= 11 is 6.12. The first-order valence-electron chi connectivity index (χ1n) is 5.41. The maximum Gasteiger partial charge on any atom is 0.0776 e. The second-order valence-corrected chi connectivity index (χ2v) is 4.48. The monoisotopic (exact) mass is 225 g/mol. The minimum Gasteiger partial charge on any atom is -0.389 e. The van der Waals surface area contributed by atoms with Crippen LogP contribution < -0.4 is 4.90 Å². The topological polar surface area (TPSA) is 23.5 Å². The quantitative estimate of drug-likeness (QED) is 0.837. The minimum atomic E-state index is -0.495. The van der Waals surface area contributed by atoms with E-state index in [4.69, 9.17) is 11.6 Å². The average molecular weight is 226 g/mol. The summed E-state index contributed by atoms with van der Waals surface area (Å²) in [6, 6.07) is 5.91. The second-order valence-electron chi connectivity index (χ2n) is 4.08. The highest BCUT2D eigenvalue weighted by Gasteiger charge is 2.14. The third-order valence-electron chi connectivity index (χ3n) is 2.91. The zero-order valence-electron chi connectivity index (χ0n) is 8.91. The highest BCUT2D eigenvalue weighted by Crippen LogP contribution is 2.29. The van der Waals surface area contributed by atoms with Gasteiger partial charge in [0.1, 0.15) is 0 Å². The molecule has 3 heteroatoms. The van der Waals surface area contributed by atoms with Crippen molar-refractivity contribution in [1.29, 1.82) is 0 Å². The number of rotatable bonds is 2. The van der Waals surface area contributed by atoms with E-state index in [1.165, 1.54) is 18.5 Å². The number of hydrogen-bond donors (Lipinski definition) is 1. The summed E-state index contributed by atoms with van der Waals surface area (Å²) in [6.07, 6.45) is 2.02. The molecule has 15 heavy (non-hydrogen) atoms. The van der Waals surface area contributed by atoms with Gasteiger partial charge in [0.05, 0.1) is 6.10 Å². The Bertz CT molecular complexity index is 345. The number of hydrogen-bond acceptors (Lipinski definition) is 2. The molecule has 1 aliphatic heterocycles. The van der Waals surface area contributed by atoms with Crippen molar-refractivity contribution in [3.05, 3.63) is 28.8 Å². The Morgan fingerprint density at radius 3 is 2.53 bits per heavy atom. The van der Waals surface area contributed by atoms with Crippen LogP contribution in [0.25, 0.3) is 0 Å². The summed E-state index contributed by atoms with van der Waals surface area (Å²) in [5.41, 5.74) is 1.97. The highest BCUT2D eigenvalue weighted by atomic mass is 35.5. The van der Waals surface area contributed by atoms with E-state index >= 15 is 0 Å². The van der Waals surface area contributed by atoms with Crippen molar-refractivity contribution in [3.8, 4) is 0 Å². The average Bonchev–Trinajstić information content (AvgIpc) is 2.69. The molecule has 1 fully saturated rings. The molecular weight excluding hydrogens is 210 g/mol. The molecule has 0 amide bonds. The molecule has 0 bridgehead atoms. The Morgan fingerprint density at radius 1 is 1.33 bits per heavy atom. The minimum absolute atomic E-state index is 0.495. The van der Waals surface area contributed by atoms with E-state index in [0.29, 0.717) is 5.02 Å². The maximum atomic E-state index is 9.46. The lowest BCUT2D eigenvalue weighted by molar-refractivity contribution is 0.199. The summed E-state index contributed by atoms with van der Waals surface area (Å²) in [6.45, 7) is 3.96. The Morgan fingerprint density at radius 2 is 2.00 bits per heavy atom. The number of nitrogens with zero attached hydrogens (tertiary/aromatic N) is 1. The van der Waals surface area contributed by atoms with Crippen LogP contribution in [0.2, 0.25) is 5.02 Å². The third kappa shape index (κ3) is 2.27. The van der Waals surface area contributed by atoms with Crippen LogP contribution in [0.15, 0.2) is 18.2 Å². The lowest BCUT2D eigenvalue weighted by Crippen LogP contribution is -2.17. The predicted octanol–water partition coefficient (Wildman–Crippen LogP) is 2.99. The van der Waals surface area contributed by atoms with Crippen LogP contribution in [-0.4, -0.2) is 18.2 Å². The van der Waals surface area contributed by atoms with Crippen molar-refractivity contribution in [1.82, 2.24) is 0 Å². The molecule has 0 radical (unpaired) electrons. The molecule has 1 saturated heterocycles. The third-order valence-corrected chi connectivity index (χ3v) is 3.23. The number of halogens is 1. The molecule has 1 unspecified atom stereocenters. The molecule has 0 saturated carbocycles. The molecule has 0 aromatic heterocycles. The lowest BCUT2D eigenvalue weighted by atomic mass is 10.1. The van der Waals surface area contributed by atoms with Gasteiger partial charge in [0.15, 0.2) is 0 Å². The van der Waals surface area contributed by atoms with Gasteiger partial charge in [-0.15, -0.1) is 0 Å². The van der Waals surface area contributed by atoms with Crippen molar-refractivity contribution in [2.75, 3.05) is 18.0 Å². The summed E-state index contributed by atoms with van der Waals surface area (Å²) in [4.78, 5) is 2.33. The molecule has 0 aliphatic carbocycles. The number of aliphatic hydroxyl groups excluding tert-OH is 1. The number of aliphatic hydroxyl groups is 1. The van der Waals surface area contributed by atoms with Gasteiger partial charge < -0.3 is 10.0 Å². The Balaban J connectivity index is 2.24. The van der Waals surface area contributed by atoms with E-state index in [9.17, 15) is 5.11 Å². The van der Waals surface area contributed by atoms with Crippen molar-refractivity contribution >= 4 is 17.3 Å². The van der Waals surface area contributed by atoms with Gasteiger partial charge in [0.2, 0.25) is 0 Å². The van der Waals surface area contributed by atoms with Crippen LogP contribution in [-0.2, 0) is 0 Å². The van der Waals surface area contributed by atoms with Gasteiger partial charge in [0, 0.05) is 23.8 Å². The van der Waals surface area contributed by atoms with Crippen molar-refractivity contribution in [3.63, 3.8) is 0 Å². The number of anilines is 1. The largest absolute Gasteiger partial charge is 0.389 e. The summed E-state index contributed by atoms with van der Waals surface area (Å²) in [7, 11) is 0. The fraction of sp³-hybridized carbons (Fsp3) is 0.500. The van der Waals surface area contributed by atoms with E-state index in [1.54, 1.807) is 6.92 Å². The second kappa shape index (κ2) is 4.42. The van der Waals surface area contributed by atoms with Gasteiger partial charge in [-0.05, 0) is 37.5 Å². The summed E-state index contributed by atoms with van der Waals surface area (Å²) in [5.74, 6) is 0. The summed E-state index contributed by atoms with van der Waals surface area (Å²) < 4.78 is 0. The van der Waals surface area contributed by atoms with E-state index < -0.39 is 6.10 Å². The molecule has 2 nitrogen and oxygen atoms in total. The van der Waals surface area contributed by atoms with E-state index in [-0.39, 0.29) is 0 Å². The van der Waals surface area contributed by atoms with Gasteiger partial charge >= 0.3 is 0 Å². The molecule has 1 aromatic carbocycles. The van der Waals surface area contributed by atoms with E-state index in [1.807, 2.05) is 18.2 Å². The fourth-order valence-electron chi connectivity index (χ4n) is 2.03. The van der Waals surface area contributed by atoms with Crippen molar-refractivity contribution in [2.24, 2.45) is 0 Å². The van der Waals surface area contributed by atoms with Crippen molar-refractivity contribution < 1.29 is 5.11 Å². The molecule has 1 aliphatic rings. The van der Waals surface area contributed by atoms with E-state index in [0.717, 1.165) is 18.7 Å². The smallest absolute Gasteiger partial charge is 0.0776 e. The fourth-order valence-corrected chi connectivity index (χ4v) is 2.36. The zero-order valence-corrected chi connectivity index (χ0v) is 9.67. The highest BCUT2D eigenvalue weighted by molar-refractivity contribution is 6.31. The van der Waals surface area contributed by atoms with Gasteiger partial charge in [-0.1, -0.05) is 17.7 Å². The lowest BCUT2D eigenvalue weighted by Gasteiger charge is -2.19. The van der Waals surface area contributed by atoms with Gasteiger partial charge in [0.25, 0.3) is 0 Å². The molecule has 1 N–H and O–H groups in total. The molecule has 1 heterocycles. The molecule has 1 atom stereocenters. The SMILES string of the molecule is CC(O)c1ccc(N2CCCC2)cc1Cl. The standard InChI is InChI=1S/C12H16ClNO/c1-9(15)11-5-4-10(8-12(11)13)14-6-2-3-7-14/h4-5,8-9,15H,2-3,6-7H2,1H3. The first-order chi connectivity index (χ1) is 7.18. The van der Waals surface area contributed by atoms with Crippen LogP contribution in [0.4, 0.5) is 5.69 Å². The molecule has 0 spiro atoms. The molecule has 1 aromatic rings. The molecular formula is C12H16ClNO. The summed E-state index contributed by atoms with van der Waals surface area (Å²) in [5, 5.41) is 10.1. The van der Waals surface area contributed by atoms with Crippen LogP contribution in [0.3, 0.4) is 0 Å². The zero-order chi connectivity index (χ0) is 10.8. The van der Waals surface area contributed by atoms with Crippen LogP contribution >= 0.6 is 11.6 Å². The van der Waals surface area contributed by atoms with E-state index in [2.05, 4.69) is 4.90 Å². The first-order valence-corrected chi connectivity index (χ1v) is 5.79. The van der Waals surface area contributed by atoms with Crippen LogP contribution in [0.1, 0.15) is 31.4 Å². The Kier molecular flexibility index (Phi) is 3.17. The van der Waals surface area contributed by atoms with Gasteiger partial charge in [-0.25, -0.2) is 0 Å². The maximum absolute atomic E-state index is 9.46. The van der Waals surface area contributed by atoms with Crippen LogP contribution in [0.5, 0.6) is 0 Å². The molecule has 82 valence electrons.